The highest BCUT2D eigenvalue weighted by molar-refractivity contribution is 5.73. The highest BCUT2D eigenvalue weighted by Gasteiger charge is 2.34. The molecule has 1 N–H and O–H groups in total. The molecule has 0 radical (unpaired) electrons. The lowest BCUT2D eigenvalue weighted by molar-refractivity contribution is -0.172. The monoisotopic (exact) mass is 273 g/mol. The van der Waals surface area contributed by atoms with Crippen LogP contribution in [0.2, 0.25) is 0 Å². The van der Waals surface area contributed by atoms with Crippen molar-refractivity contribution in [3.05, 3.63) is 0 Å². The second kappa shape index (κ2) is 7.08. The summed E-state index contributed by atoms with van der Waals surface area (Å²) >= 11 is 0. The van der Waals surface area contributed by atoms with E-state index in [0.717, 1.165) is 0 Å². The Morgan fingerprint density at radius 2 is 1.89 bits per heavy atom. The molecule has 0 bridgehead atoms. The van der Waals surface area contributed by atoms with E-state index in [-0.39, 0.29) is 18.6 Å². The Bertz CT molecular complexity index is 356. The fourth-order valence-electron chi connectivity index (χ4n) is 1.93. The summed E-state index contributed by atoms with van der Waals surface area (Å²) in [5.74, 6) is -1.03. The molecular weight excluding hydrogens is 254 g/mol. The van der Waals surface area contributed by atoms with Crippen molar-refractivity contribution in [1.82, 2.24) is 5.32 Å². The zero-order chi connectivity index (χ0) is 14.4. The Morgan fingerprint density at radius 3 is 2.42 bits per heavy atom. The van der Waals surface area contributed by atoms with E-state index in [0.29, 0.717) is 13.0 Å². The number of nitrogens with one attached hydrogen (secondary N) is 1. The predicted molar refractivity (Wildman–Crippen MR) is 64.1 cm³/mol. The van der Waals surface area contributed by atoms with Crippen molar-refractivity contribution < 1.29 is 28.6 Å². The van der Waals surface area contributed by atoms with Crippen molar-refractivity contribution in [2.24, 2.45) is 0 Å². The van der Waals surface area contributed by atoms with Crippen LogP contribution in [-0.2, 0) is 28.6 Å². The second-order valence-electron chi connectivity index (χ2n) is 4.46. The van der Waals surface area contributed by atoms with Gasteiger partial charge in [0.1, 0.15) is 18.8 Å². The molecule has 1 saturated heterocycles. The Morgan fingerprint density at radius 1 is 1.21 bits per heavy atom. The molecule has 0 aromatic heterocycles. The van der Waals surface area contributed by atoms with Crippen LogP contribution in [0.1, 0.15) is 27.2 Å². The summed E-state index contributed by atoms with van der Waals surface area (Å²) in [6, 6.07) is -0.213. The molecule has 1 heterocycles. The van der Waals surface area contributed by atoms with Crippen LogP contribution < -0.4 is 5.32 Å². The van der Waals surface area contributed by atoms with Gasteiger partial charge in [0.15, 0.2) is 0 Å². The lowest BCUT2D eigenvalue weighted by atomic mass is 10.0. The molecule has 1 amide bonds. The first-order chi connectivity index (χ1) is 8.88. The summed E-state index contributed by atoms with van der Waals surface area (Å²) < 4.78 is 15.5. The molecule has 3 atom stereocenters. The zero-order valence-corrected chi connectivity index (χ0v) is 11.3. The number of amides is 1. The van der Waals surface area contributed by atoms with Crippen molar-refractivity contribution in [3.8, 4) is 0 Å². The molecule has 0 spiro atoms. The van der Waals surface area contributed by atoms with Crippen molar-refractivity contribution in [1.29, 1.82) is 0 Å². The van der Waals surface area contributed by atoms with Crippen LogP contribution in [0.4, 0.5) is 0 Å². The molecule has 7 nitrogen and oxygen atoms in total. The molecule has 1 fully saturated rings. The van der Waals surface area contributed by atoms with E-state index in [2.05, 4.69) is 5.32 Å². The van der Waals surface area contributed by atoms with E-state index in [1.165, 1.54) is 20.8 Å². The standard InChI is InChI=1S/C12H19NO6/c1-7(14)13-10-4-11(19-9(3)16)12(18-5-10)6-17-8(2)15/h10-12H,4-6H2,1-3H3,(H,13,14). The third-order valence-corrected chi connectivity index (χ3v) is 2.62. The third kappa shape index (κ3) is 5.69. The minimum atomic E-state index is -0.539. The van der Waals surface area contributed by atoms with Crippen LogP contribution in [0.5, 0.6) is 0 Å². The van der Waals surface area contributed by atoms with Gasteiger partial charge in [-0.05, 0) is 0 Å². The van der Waals surface area contributed by atoms with Gasteiger partial charge in [0.25, 0.3) is 0 Å². The van der Waals surface area contributed by atoms with E-state index in [1.807, 2.05) is 0 Å². The molecule has 1 rings (SSSR count). The summed E-state index contributed by atoms with van der Waals surface area (Å²) in [5.41, 5.74) is 0. The van der Waals surface area contributed by atoms with Gasteiger partial charge in [-0.3, -0.25) is 14.4 Å². The minimum absolute atomic E-state index is 0.0278. The quantitative estimate of drug-likeness (QED) is 0.712. The van der Waals surface area contributed by atoms with Crippen molar-refractivity contribution >= 4 is 17.8 Å². The summed E-state index contributed by atoms with van der Waals surface area (Å²) in [7, 11) is 0. The molecule has 1 aliphatic rings. The van der Waals surface area contributed by atoms with E-state index >= 15 is 0 Å². The maximum absolute atomic E-state index is 11.1. The van der Waals surface area contributed by atoms with Crippen molar-refractivity contribution in [2.45, 2.75) is 45.4 Å². The molecule has 0 saturated carbocycles. The van der Waals surface area contributed by atoms with Gasteiger partial charge in [-0.15, -0.1) is 0 Å². The molecule has 0 aromatic rings. The average Bonchev–Trinajstić information content (AvgIpc) is 2.26. The maximum Gasteiger partial charge on any atom is 0.302 e. The Balaban J connectivity index is 2.58. The maximum atomic E-state index is 11.1. The first-order valence-electron chi connectivity index (χ1n) is 6.07. The van der Waals surface area contributed by atoms with Crippen LogP contribution in [0, 0.1) is 0 Å². The van der Waals surface area contributed by atoms with E-state index in [4.69, 9.17) is 14.2 Å². The van der Waals surface area contributed by atoms with Crippen LogP contribution >= 0.6 is 0 Å². The van der Waals surface area contributed by atoms with Crippen LogP contribution in [0.3, 0.4) is 0 Å². The number of ether oxygens (including phenoxy) is 3. The third-order valence-electron chi connectivity index (χ3n) is 2.62. The predicted octanol–water partition coefficient (Wildman–Crippen LogP) is -0.225. The van der Waals surface area contributed by atoms with Crippen LogP contribution in [-0.4, -0.2) is 49.3 Å². The largest absolute Gasteiger partial charge is 0.463 e. The fourth-order valence-corrected chi connectivity index (χ4v) is 1.93. The number of hydrogen-bond acceptors (Lipinski definition) is 6. The summed E-state index contributed by atoms with van der Waals surface area (Å²) in [5, 5.41) is 2.71. The van der Waals surface area contributed by atoms with Crippen LogP contribution in [0.25, 0.3) is 0 Å². The summed E-state index contributed by atoms with van der Waals surface area (Å²) in [6.45, 7) is 4.32. The first-order valence-corrected chi connectivity index (χ1v) is 6.07. The molecule has 3 unspecified atom stereocenters. The molecular formula is C12H19NO6. The zero-order valence-electron chi connectivity index (χ0n) is 11.3. The lowest BCUT2D eigenvalue weighted by Gasteiger charge is -2.35. The van der Waals surface area contributed by atoms with Gasteiger partial charge < -0.3 is 19.5 Å². The highest BCUT2D eigenvalue weighted by atomic mass is 16.6. The molecule has 7 heteroatoms. The van der Waals surface area contributed by atoms with Gasteiger partial charge in [0.05, 0.1) is 12.6 Å². The van der Waals surface area contributed by atoms with E-state index in [9.17, 15) is 14.4 Å². The van der Waals surface area contributed by atoms with Crippen molar-refractivity contribution in [2.75, 3.05) is 13.2 Å². The number of carbonyl (C=O) groups is 3. The molecule has 1 aliphatic heterocycles. The number of carbonyl (C=O) groups excluding carboxylic acids is 3. The fraction of sp³-hybridized carbons (Fsp3) is 0.750. The molecule has 19 heavy (non-hydrogen) atoms. The van der Waals surface area contributed by atoms with Gasteiger partial charge in [-0.2, -0.15) is 0 Å². The van der Waals surface area contributed by atoms with Crippen LogP contribution in [0.15, 0.2) is 0 Å². The average molecular weight is 273 g/mol. The smallest absolute Gasteiger partial charge is 0.302 e. The van der Waals surface area contributed by atoms with Gasteiger partial charge >= 0.3 is 11.9 Å². The Labute approximate surface area is 111 Å². The van der Waals surface area contributed by atoms with E-state index < -0.39 is 24.1 Å². The summed E-state index contributed by atoms with van der Waals surface area (Å²) in [6.07, 6.45) is -0.606. The number of esters is 2. The molecule has 108 valence electrons. The van der Waals surface area contributed by atoms with Gasteiger partial charge in [0.2, 0.25) is 5.91 Å². The normalized spacial score (nSPS) is 26.4. The highest BCUT2D eigenvalue weighted by Crippen LogP contribution is 2.19. The topological polar surface area (TPSA) is 90.9 Å². The van der Waals surface area contributed by atoms with Gasteiger partial charge in [0, 0.05) is 27.2 Å². The van der Waals surface area contributed by atoms with E-state index in [1.54, 1.807) is 0 Å². The first kappa shape index (κ1) is 15.4. The molecule has 0 aliphatic carbocycles. The minimum Gasteiger partial charge on any atom is -0.463 e. The number of hydrogen-bond donors (Lipinski definition) is 1. The van der Waals surface area contributed by atoms with Crippen molar-refractivity contribution in [3.63, 3.8) is 0 Å². The Hall–Kier alpha value is -1.63. The Kier molecular flexibility index (Phi) is 5.75. The molecule has 0 aromatic carbocycles. The second-order valence-corrected chi connectivity index (χ2v) is 4.46. The SMILES string of the molecule is CC(=O)NC1COC(COC(C)=O)C(OC(C)=O)C1. The summed E-state index contributed by atoms with van der Waals surface area (Å²) in [4.78, 5) is 32.8. The number of rotatable bonds is 4. The van der Waals surface area contributed by atoms with Gasteiger partial charge in [-0.25, -0.2) is 0 Å². The van der Waals surface area contributed by atoms with Gasteiger partial charge in [-0.1, -0.05) is 0 Å². The lowest BCUT2D eigenvalue weighted by Crippen LogP contribution is -2.51.